The smallest absolute Gasteiger partial charge is 0.315 e. The Kier molecular flexibility index (Phi) is 4.42. The molecule has 1 aromatic heterocycles. The van der Waals surface area contributed by atoms with Crippen LogP contribution in [0.4, 0.5) is 4.79 Å². The Bertz CT molecular complexity index is 765. The van der Waals surface area contributed by atoms with Crippen molar-refractivity contribution in [1.82, 2.24) is 25.4 Å². The summed E-state index contributed by atoms with van der Waals surface area (Å²) in [6, 6.07) is 8.33. The third kappa shape index (κ3) is 3.52. The minimum Gasteiger partial charge on any atom is -0.338 e. The van der Waals surface area contributed by atoms with Crippen LogP contribution in [0.1, 0.15) is 48.1 Å². The van der Waals surface area contributed by atoms with Crippen molar-refractivity contribution in [3.05, 3.63) is 47.0 Å². The van der Waals surface area contributed by atoms with E-state index < -0.39 is 0 Å². The molecule has 0 spiro atoms. The average Bonchev–Trinajstić information content (AvgIpc) is 3.21. The molecule has 0 bridgehead atoms. The molecule has 0 unspecified atom stereocenters. The molecule has 0 radical (unpaired) electrons. The standard InChI is InChI=1S/C19H25N5O/c1-13-5-2-3-6-15(13)18(14-8-9-14)21-19(25)20-11-10-17-23-22-16-7-4-12-24(16)17/h2-3,5-6,14,18H,4,7-12H2,1H3,(H2,20,21,25)/t18-/m1/s1. The van der Waals surface area contributed by atoms with Gasteiger partial charge in [0, 0.05) is 25.9 Å². The second-order valence-corrected chi connectivity index (χ2v) is 7.11. The van der Waals surface area contributed by atoms with E-state index in [1.165, 1.54) is 24.0 Å². The maximum absolute atomic E-state index is 12.4. The highest BCUT2D eigenvalue weighted by Crippen LogP contribution is 2.41. The third-order valence-electron chi connectivity index (χ3n) is 5.22. The van der Waals surface area contributed by atoms with Crippen molar-refractivity contribution < 1.29 is 4.79 Å². The number of hydrogen-bond acceptors (Lipinski definition) is 3. The molecule has 2 heterocycles. The number of aromatic nitrogens is 3. The molecule has 4 rings (SSSR count). The van der Waals surface area contributed by atoms with Crippen LogP contribution < -0.4 is 10.6 Å². The van der Waals surface area contributed by atoms with Crippen molar-refractivity contribution in [1.29, 1.82) is 0 Å². The van der Waals surface area contributed by atoms with E-state index in [0.717, 1.165) is 37.5 Å². The van der Waals surface area contributed by atoms with Crippen LogP contribution in [0.3, 0.4) is 0 Å². The van der Waals surface area contributed by atoms with Gasteiger partial charge in [0.25, 0.3) is 0 Å². The van der Waals surface area contributed by atoms with Crippen molar-refractivity contribution in [3.8, 4) is 0 Å². The number of fused-ring (bicyclic) bond motifs is 1. The summed E-state index contributed by atoms with van der Waals surface area (Å²) in [5, 5.41) is 14.6. The van der Waals surface area contributed by atoms with Crippen LogP contribution in [0.25, 0.3) is 0 Å². The first-order chi connectivity index (χ1) is 12.2. The lowest BCUT2D eigenvalue weighted by atomic mass is 9.98. The zero-order valence-electron chi connectivity index (χ0n) is 14.7. The maximum atomic E-state index is 12.4. The Morgan fingerprint density at radius 2 is 2.16 bits per heavy atom. The van der Waals surface area contributed by atoms with E-state index in [2.05, 4.69) is 44.5 Å². The van der Waals surface area contributed by atoms with Crippen molar-refractivity contribution in [3.63, 3.8) is 0 Å². The normalized spacial score (nSPS) is 17.2. The van der Waals surface area contributed by atoms with Crippen LogP contribution in [0, 0.1) is 12.8 Å². The maximum Gasteiger partial charge on any atom is 0.315 e. The molecular formula is C19H25N5O. The molecule has 0 saturated heterocycles. The van der Waals surface area contributed by atoms with E-state index in [9.17, 15) is 4.79 Å². The van der Waals surface area contributed by atoms with Crippen LogP contribution in [-0.4, -0.2) is 27.3 Å². The zero-order chi connectivity index (χ0) is 17.2. The third-order valence-corrected chi connectivity index (χ3v) is 5.22. The van der Waals surface area contributed by atoms with Gasteiger partial charge in [-0.3, -0.25) is 0 Å². The zero-order valence-corrected chi connectivity index (χ0v) is 14.7. The highest BCUT2D eigenvalue weighted by molar-refractivity contribution is 5.74. The van der Waals surface area contributed by atoms with Crippen LogP contribution in [0.2, 0.25) is 0 Å². The Morgan fingerprint density at radius 1 is 1.32 bits per heavy atom. The van der Waals surface area contributed by atoms with Crippen molar-refractivity contribution in [2.45, 2.75) is 51.6 Å². The van der Waals surface area contributed by atoms with Gasteiger partial charge in [0.05, 0.1) is 6.04 Å². The van der Waals surface area contributed by atoms with Crippen LogP contribution in [0.5, 0.6) is 0 Å². The molecular weight excluding hydrogens is 314 g/mol. The number of urea groups is 1. The number of hydrogen-bond donors (Lipinski definition) is 2. The number of nitrogens with one attached hydrogen (secondary N) is 2. The number of carbonyl (C=O) groups is 1. The van der Waals surface area contributed by atoms with E-state index in [1.54, 1.807) is 0 Å². The Morgan fingerprint density at radius 3 is 2.96 bits per heavy atom. The van der Waals surface area contributed by atoms with Gasteiger partial charge < -0.3 is 15.2 Å². The van der Waals surface area contributed by atoms with E-state index in [4.69, 9.17) is 0 Å². The van der Waals surface area contributed by atoms with E-state index >= 15 is 0 Å². The first-order valence-electron chi connectivity index (χ1n) is 9.23. The molecule has 25 heavy (non-hydrogen) atoms. The minimum absolute atomic E-state index is 0.0960. The van der Waals surface area contributed by atoms with Crippen LogP contribution in [0.15, 0.2) is 24.3 Å². The van der Waals surface area contributed by atoms with Gasteiger partial charge >= 0.3 is 6.03 Å². The summed E-state index contributed by atoms with van der Waals surface area (Å²) in [7, 11) is 0. The lowest BCUT2D eigenvalue weighted by Gasteiger charge is -2.21. The Balaban J connectivity index is 1.32. The Labute approximate surface area is 148 Å². The first kappa shape index (κ1) is 16.1. The highest BCUT2D eigenvalue weighted by Gasteiger charge is 2.34. The molecule has 2 amide bonds. The van der Waals surface area contributed by atoms with Crippen molar-refractivity contribution >= 4 is 6.03 Å². The van der Waals surface area contributed by atoms with Gasteiger partial charge in [0.2, 0.25) is 0 Å². The van der Waals surface area contributed by atoms with Gasteiger partial charge in [-0.25, -0.2) is 4.79 Å². The fraction of sp³-hybridized carbons (Fsp3) is 0.526. The molecule has 1 saturated carbocycles. The van der Waals surface area contributed by atoms with Gasteiger partial charge in [0.15, 0.2) is 0 Å². The van der Waals surface area contributed by atoms with E-state index in [0.29, 0.717) is 12.5 Å². The molecule has 2 N–H and O–H groups in total. The summed E-state index contributed by atoms with van der Waals surface area (Å²) in [6.07, 6.45) is 5.25. The lowest BCUT2D eigenvalue weighted by Crippen LogP contribution is -2.40. The molecule has 132 valence electrons. The number of aryl methyl sites for hydroxylation is 2. The van der Waals surface area contributed by atoms with Crippen molar-refractivity contribution in [2.24, 2.45) is 5.92 Å². The summed E-state index contributed by atoms with van der Waals surface area (Å²) in [5.41, 5.74) is 2.47. The van der Waals surface area contributed by atoms with E-state index in [-0.39, 0.29) is 12.1 Å². The van der Waals surface area contributed by atoms with Crippen molar-refractivity contribution in [2.75, 3.05) is 6.54 Å². The van der Waals surface area contributed by atoms with Gasteiger partial charge in [-0.1, -0.05) is 24.3 Å². The largest absolute Gasteiger partial charge is 0.338 e. The second kappa shape index (κ2) is 6.86. The average molecular weight is 339 g/mol. The summed E-state index contributed by atoms with van der Waals surface area (Å²) in [5.74, 6) is 2.62. The lowest BCUT2D eigenvalue weighted by molar-refractivity contribution is 0.235. The number of amides is 2. The fourth-order valence-corrected chi connectivity index (χ4v) is 3.69. The summed E-state index contributed by atoms with van der Waals surface area (Å²) < 4.78 is 2.18. The molecule has 6 heteroatoms. The first-order valence-corrected chi connectivity index (χ1v) is 9.23. The quantitative estimate of drug-likeness (QED) is 0.849. The van der Waals surface area contributed by atoms with E-state index in [1.807, 2.05) is 12.1 Å². The number of benzene rings is 1. The Hall–Kier alpha value is -2.37. The number of nitrogens with zero attached hydrogens (tertiary/aromatic N) is 3. The predicted molar refractivity (Wildman–Crippen MR) is 95.2 cm³/mol. The molecule has 1 aliphatic carbocycles. The SMILES string of the molecule is Cc1ccccc1[C@H](NC(=O)NCCc1nnc2n1CCC2)C1CC1. The molecule has 2 aromatic rings. The fourth-order valence-electron chi connectivity index (χ4n) is 3.69. The predicted octanol–water partition coefficient (Wildman–Crippen LogP) is 2.53. The second-order valence-electron chi connectivity index (χ2n) is 7.11. The van der Waals surface area contributed by atoms with Gasteiger partial charge in [-0.2, -0.15) is 0 Å². The highest BCUT2D eigenvalue weighted by atomic mass is 16.2. The minimum atomic E-state index is -0.0960. The monoisotopic (exact) mass is 339 g/mol. The van der Waals surface area contributed by atoms with Crippen LogP contribution >= 0.6 is 0 Å². The topological polar surface area (TPSA) is 71.8 Å². The molecule has 1 aromatic carbocycles. The van der Waals surface area contributed by atoms with Gasteiger partial charge in [-0.05, 0) is 43.2 Å². The van der Waals surface area contributed by atoms with Gasteiger partial charge in [-0.15, -0.1) is 10.2 Å². The molecule has 6 nitrogen and oxygen atoms in total. The summed E-state index contributed by atoms with van der Waals surface area (Å²) in [4.78, 5) is 12.4. The molecule has 1 atom stereocenters. The number of carbonyl (C=O) groups excluding carboxylic acids is 1. The van der Waals surface area contributed by atoms with Gasteiger partial charge in [0.1, 0.15) is 11.6 Å². The molecule has 1 fully saturated rings. The number of rotatable bonds is 6. The summed E-state index contributed by atoms with van der Waals surface area (Å²) >= 11 is 0. The van der Waals surface area contributed by atoms with Crippen LogP contribution in [-0.2, 0) is 19.4 Å². The molecule has 1 aliphatic heterocycles. The molecule has 2 aliphatic rings. The summed E-state index contributed by atoms with van der Waals surface area (Å²) in [6.45, 7) is 3.69.